The molecule has 1 aromatic heterocycles. The quantitative estimate of drug-likeness (QED) is 0.609. The number of hydrogen-bond donors (Lipinski definition) is 0. The molecule has 0 bridgehead atoms. The third-order valence-corrected chi connectivity index (χ3v) is 2.27. The highest BCUT2D eigenvalue weighted by molar-refractivity contribution is 5.35. The van der Waals surface area contributed by atoms with E-state index < -0.39 is 4.92 Å². The number of hydrogen-bond acceptors (Lipinski definition) is 5. The van der Waals surface area contributed by atoms with Crippen LogP contribution in [0, 0.1) is 17.0 Å². The fourth-order valence-corrected chi connectivity index (χ4v) is 1.32. The van der Waals surface area contributed by atoms with Crippen molar-refractivity contribution in [3.63, 3.8) is 0 Å². The fraction of sp³-hybridized carbons (Fsp3) is 0.167. The molecule has 0 atom stereocenters. The van der Waals surface area contributed by atoms with Gasteiger partial charge in [-0.05, 0) is 19.1 Å². The number of aryl methyl sites for hydroxylation is 1. The molecule has 6 nitrogen and oxygen atoms in total. The van der Waals surface area contributed by atoms with Gasteiger partial charge in [0.1, 0.15) is 12.4 Å². The van der Waals surface area contributed by atoms with Crippen LogP contribution in [0.3, 0.4) is 0 Å². The lowest BCUT2D eigenvalue weighted by Crippen LogP contribution is -1.99. The summed E-state index contributed by atoms with van der Waals surface area (Å²) in [6.45, 7) is 2.14. The highest BCUT2D eigenvalue weighted by Gasteiger charge is 2.04. The number of nitrogens with zero attached hydrogens (tertiary/aromatic N) is 3. The molecule has 92 valence electrons. The van der Waals surface area contributed by atoms with Crippen LogP contribution in [0.2, 0.25) is 0 Å². The van der Waals surface area contributed by atoms with Crippen LogP contribution in [0.4, 0.5) is 5.69 Å². The Morgan fingerprint density at radius 1 is 1.22 bits per heavy atom. The number of aromatic nitrogens is 2. The molecule has 0 aliphatic rings. The maximum atomic E-state index is 10.5. The Hall–Kier alpha value is -2.50. The van der Waals surface area contributed by atoms with E-state index >= 15 is 0 Å². The summed E-state index contributed by atoms with van der Waals surface area (Å²) in [6.07, 6.45) is 3.30. The Labute approximate surface area is 103 Å². The van der Waals surface area contributed by atoms with Crippen molar-refractivity contribution in [2.75, 3.05) is 0 Å². The van der Waals surface area contributed by atoms with Crippen molar-refractivity contribution in [2.45, 2.75) is 13.5 Å². The van der Waals surface area contributed by atoms with E-state index in [0.29, 0.717) is 11.4 Å². The highest BCUT2D eigenvalue weighted by atomic mass is 16.6. The van der Waals surface area contributed by atoms with Crippen LogP contribution in [-0.4, -0.2) is 14.9 Å². The predicted octanol–water partition coefficient (Wildman–Crippen LogP) is 2.27. The number of ether oxygens (including phenoxy) is 1. The minimum absolute atomic E-state index is 0.0393. The Kier molecular flexibility index (Phi) is 3.47. The van der Waals surface area contributed by atoms with Gasteiger partial charge in [-0.2, -0.15) is 0 Å². The molecule has 18 heavy (non-hydrogen) atoms. The zero-order valence-electron chi connectivity index (χ0n) is 9.74. The van der Waals surface area contributed by atoms with E-state index in [1.54, 1.807) is 24.5 Å². The zero-order valence-corrected chi connectivity index (χ0v) is 9.74. The van der Waals surface area contributed by atoms with Gasteiger partial charge < -0.3 is 4.74 Å². The van der Waals surface area contributed by atoms with Gasteiger partial charge in [0.05, 0.1) is 22.5 Å². The van der Waals surface area contributed by atoms with E-state index in [1.807, 2.05) is 6.92 Å². The van der Waals surface area contributed by atoms with Gasteiger partial charge in [-0.3, -0.25) is 20.1 Å². The molecule has 1 aromatic carbocycles. The highest BCUT2D eigenvalue weighted by Crippen LogP contribution is 2.17. The van der Waals surface area contributed by atoms with E-state index in [0.717, 1.165) is 5.69 Å². The Balaban J connectivity index is 1.97. The van der Waals surface area contributed by atoms with Crippen molar-refractivity contribution in [3.8, 4) is 5.75 Å². The van der Waals surface area contributed by atoms with E-state index in [9.17, 15) is 10.1 Å². The average molecular weight is 245 g/mol. The summed E-state index contributed by atoms with van der Waals surface area (Å²) < 4.78 is 5.44. The van der Waals surface area contributed by atoms with Crippen molar-refractivity contribution < 1.29 is 9.66 Å². The second kappa shape index (κ2) is 5.22. The largest absolute Gasteiger partial charge is 0.487 e. The van der Waals surface area contributed by atoms with E-state index in [2.05, 4.69) is 9.97 Å². The summed E-state index contributed by atoms with van der Waals surface area (Å²) in [4.78, 5) is 18.3. The first kappa shape index (κ1) is 12.0. The van der Waals surface area contributed by atoms with Crippen LogP contribution in [0.15, 0.2) is 36.7 Å². The van der Waals surface area contributed by atoms with Crippen LogP contribution in [0.1, 0.15) is 11.4 Å². The maximum absolute atomic E-state index is 10.5. The van der Waals surface area contributed by atoms with Gasteiger partial charge in [0.15, 0.2) is 0 Å². The van der Waals surface area contributed by atoms with E-state index in [-0.39, 0.29) is 12.3 Å². The molecule has 2 aromatic rings. The molecule has 0 saturated carbocycles. The SMILES string of the molecule is Cc1cnc(COc2ccc([N+](=O)[O-])cc2)cn1. The van der Waals surface area contributed by atoms with Crippen molar-refractivity contribution in [2.24, 2.45) is 0 Å². The first-order valence-electron chi connectivity index (χ1n) is 5.30. The molecule has 0 spiro atoms. The molecule has 2 rings (SSSR count). The fourth-order valence-electron chi connectivity index (χ4n) is 1.32. The lowest BCUT2D eigenvalue weighted by molar-refractivity contribution is -0.384. The molecular weight excluding hydrogens is 234 g/mol. The normalized spacial score (nSPS) is 10.1. The molecule has 0 amide bonds. The zero-order chi connectivity index (χ0) is 13.0. The number of rotatable bonds is 4. The summed E-state index contributed by atoms with van der Waals surface area (Å²) in [6, 6.07) is 5.91. The van der Waals surface area contributed by atoms with Gasteiger partial charge in [-0.25, -0.2) is 0 Å². The summed E-state index contributed by atoms with van der Waals surface area (Å²) in [7, 11) is 0. The third-order valence-electron chi connectivity index (χ3n) is 2.27. The average Bonchev–Trinajstić information content (AvgIpc) is 2.38. The molecule has 0 unspecified atom stereocenters. The smallest absolute Gasteiger partial charge is 0.269 e. The minimum atomic E-state index is -0.449. The summed E-state index contributed by atoms with van der Waals surface area (Å²) >= 11 is 0. The van der Waals surface area contributed by atoms with Crippen molar-refractivity contribution in [1.82, 2.24) is 9.97 Å². The van der Waals surface area contributed by atoms with Gasteiger partial charge in [0.25, 0.3) is 5.69 Å². The van der Waals surface area contributed by atoms with E-state index in [1.165, 1.54) is 12.1 Å². The first-order valence-corrected chi connectivity index (χ1v) is 5.30. The van der Waals surface area contributed by atoms with Crippen molar-refractivity contribution in [1.29, 1.82) is 0 Å². The van der Waals surface area contributed by atoms with Crippen molar-refractivity contribution in [3.05, 3.63) is 58.2 Å². The molecule has 6 heteroatoms. The van der Waals surface area contributed by atoms with Crippen LogP contribution < -0.4 is 4.74 Å². The summed E-state index contributed by atoms with van der Waals surface area (Å²) in [5.41, 5.74) is 1.59. The maximum Gasteiger partial charge on any atom is 0.269 e. The monoisotopic (exact) mass is 245 g/mol. The minimum Gasteiger partial charge on any atom is -0.487 e. The number of benzene rings is 1. The molecular formula is C12H11N3O3. The molecule has 0 fully saturated rings. The molecule has 1 heterocycles. The summed E-state index contributed by atoms with van der Waals surface area (Å²) in [5.74, 6) is 0.558. The van der Waals surface area contributed by atoms with Gasteiger partial charge >= 0.3 is 0 Å². The van der Waals surface area contributed by atoms with Crippen molar-refractivity contribution >= 4 is 5.69 Å². The molecule has 0 aliphatic heterocycles. The number of nitro groups is 1. The van der Waals surface area contributed by atoms with Crippen LogP contribution in [0.5, 0.6) is 5.75 Å². The summed E-state index contributed by atoms with van der Waals surface area (Å²) in [5, 5.41) is 10.5. The van der Waals surface area contributed by atoms with Gasteiger partial charge in [-0.1, -0.05) is 0 Å². The Bertz CT molecular complexity index is 537. The lowest BCUT2D eigenvalue weighted by Gasteiger charge is -2.05. The van der Waals surface area contributed by atoms with Crippen LogP contribution in [-0.2, 0) is 6.61 Å². The van der Waals surface area contributed by atoms with Crippen LogP contribution in [0.25, 0.3) is 0 Å². The topological polar surface area (TPSA) is 78.2 Å². The molecule has 0 saturated heterocycles. The second-order valence-corrected chi connectivity index (χ2v) is 3.69. The van der Waals surface area contributed by atoms with Crippen LogP contribution >= 0.6 is 0 Å². The standard InChI is InChI=1S/C12H11N3O3/c1-9-6-14-10(7-13-9)8-18-12-4-2-11(3-5-12)15(16)17/h2-7H,8H2,1H3. The molecule has 0 aliphatic carbocycles. The first-order chi connectivity index (χ1) is 8.65. The number of nitro benzene ring substituents is 1. The van der Waals surface area contributed by atoms with E-state index in [4.69, 9.17) is 4.74 Å². The molecule has 0 radical (unpaired) electrons. The van der Waals surface area contributed by atoms with Gasteiger partial charge in [0.2, 0.25) is 0 Å². The van der Waals surface area contributed by atoms with Gasteiger partial charge in [0, 0.05) is 18.3 Å². The number of non-ortho nitro benzene ring substituents is 1. The Morgan fingerprint density at radius 2 is 1.94 bits per heavy atom. The second-order valence-electron chi connectivity index (χ2n) is 3.69. The Morgan fingerprint density at radius 3 is 2.50 bits per heavy atom. The predicted molar refractivity (Wildman–Crippen MR) is 64.2 cm³/mol. The lowest BCUT2D eigenvalue weighted by atomic mass is 10.3. The van der Waals surface area contributed by atoms with Gasteiger partial charge in [-0.15, -0.1) is 0 Å². The molecule has 0 N–H and O–H groups in total. The third kappa shape index (κ3) is 3.00.